The number of hydrogen-bond acceptors (Lipinski definition) is 3. The Morgan fingerprint density at radius 3 is 2.68 bits per heavy atom. The van der Waals surface area contributed by atoms with E-state index >= 15 is 0 Å². The van der Waals surface area contributed by atoms with Gasteiger partial charge in [0.1, 0.15) is 0 Å². The summed E-state index contributed by atoms with van der Waals surface area (Å²) in [5.41, 5.74) is 3.89. The van der Waals surface area contributed by atoms with E-state index in [-0.39, 0.29) is 18.0 Å². The molecule has 0 bridgehead atoms. The summed E-state index contributed by atoms with van der Waals surface area (Å²) in [6, 6.07) is 7.51. The summed E-state index contributed by atoms with van der Waals surface area (Å²) in [6.07, 6.45) is 0.202. The zero-order valence-corrected chi connectivity index (χ0v) is 11.0. The number of para-hydroxylation sites is 2. The van der Waals surface area contributed by atoms with Crippen LogP contribution in [0.15, 0.2) is 29.1 Å². The molecule has 1 aromatic heterocycles. The molecule has 1 aromatic carbocycles. The summed E-state index contributed by atoms with van der Waals surface area (Å²) >= 11 is 0. The number of hydroxylamine groups is 1. The van der Waals surface area contributed by atoms with E-state index < -0.39 is 0 Å². The van der Waals surface area contributed by atoms with Gasteiger partial charge in [-0.3, -0.25) is 18.8 Å². The van der Waals surface area contributed by atoms with Gasteiger partial charge in [0, 0.05) is 20.0 Å². The predicted octanol–water partition coefficient (Wildman–Crippen LogP) is 0.798. The lowest BCUT2D eigenvalue weighted by Crippen LogP contribution is -2.28. The molecule has 0 aliphatic rings. The summed E-state index contributed by atoms with van der Waals surface area (Å²) in [5, 5.41) is 0. The topological polar surface area (TPSA) is 65.3 Å². The number of carbonyl (C=O) groups excluding carboxylic acids is 1. The van der Waals surface area contributed by atoms with E-state index in [0.29, 0.717) is 13.2 Å². The van der Waals surface area contributed by atoms with Gasteiger partial charge in [0.25, 0.3) is 0 Å². The number of aryl methyl sites for hydroxylation is 2. The van der Waals surface area contributed by atoms with E-state index in [2.05, 4.69) is 5.48 Å². The minimum absolute atomic E-state index is 0.120. The fraction of sp³-hybridized carbons (Fsp3) is 0.385. The Balaban J connectivity index is 2.19. The van der Waals surface area contributed by atoms with Gasteiger partial charge in [-0.25, -0.2) is 10.3 Å². The molecule has 19 heavy (non-hydrogen) atoms. The van der Waals surface area contributed by atoms with Crippen LogP contribution < -0.4 is 11.2 Å². The molecular weight excluding hydrogens is 246 g/mol. The Kier molecular flexibility index (Phi) is 4.01. The lowest BCUT2D eigenvalue weighted by atomic mass is 10.3. The minimum Gasteiger partial charge on any atom is -0.295 e. The molecule has 0 radical (unpaired) electrons. The maximum atomic E-state index is 12.1. The lowest BCUT2D eigenvalue weighted by Gasteiger charge is -2.04. The number of aromatic nitrogens is 2. The van der Waals surface area contributed by atoms with Gasteiger partial charge in [-0.05, 0) is 19.1 Å². The van der Waals surface area contributed by atoms with E-state index in [0.717, 1.165) is 11.0 Å². The second kappa shape index (κ2) is 5.71. The van der Waals surface area contributed by atoms with Crippen LogP contribution in [0.5, 0.6) is 0 Å². The highest BCUT2D eigenvalue weighted by atomic mass is 16.6. The average Bonchev–Trinajstić information content (AvgIpc) is 2.67. The summed E-state index contributed by atoms with van der Waals surface area (Å²) in [6.45, 7) is 2.54. The molecule has 0 spiro atoms. The molecule has 0 aliphatic heterocycles. The second-order valence-corrected chi connectivity index (χ2v) is 4.19. The monoisotopic (exact) mass is 263 g/mol. The van der Waals surface area contributed by atoms with Crippen molar-refractivity contribution in [3.05, 3.63) is 34.7 Å². The smallest absolute Gasteiger partial charge is 0.295 e. The molecule has 6 heteroatoms. The largest absolute Gasteiger partial charge is 0.328 e. The zero-order chi connectivity index (χ0) is 13.8. The number of nitrogens with one attached hydrogen (secondary N) is 1. The highest BCUT2D eigenvalue weighted by Crippen LogP contribution is 2.11. The first-order valence-electron chi connectivity index (χ1n) is 6.20. The number of nitrogens with zero attached hydrogens (tertiary/aromatic N) is 2. The molecule has 1 heterocycles. The van der Waals surface area contributed by atoms with E-state index in [1.807, 2.05) is 24.3 Å². The van der Waals surface area contributed by atoms with E-state index in [1.54, 1.807) is 23.1 Å². The van der Waals surface area contributed by atoms with Gasteiger partial charge in [0.2, 0.25) is 5.91 Å². The van der Waals surface area contributed by atoms with Crippen LogP contribution in [0.3, 0.4) is 0 Å². The van der Waals surface area contributed by atoms with Gasteiger partial charge in [0.15, 0.2) is 0 Å². The van der Waals surface area contributed by atoms with Gasteiger partial charge < -0.3 is 0 Å². The Morgan fingerprint density at radius 1 is 1.32 bits per heavy atom. The van der Waals surface area contributed by atoms with Crippen molar-refractivity contribution in [2.24, 2.45) is 7.05 Å². The first-order valence-corrected chi connectivity index (χ1v) is 6.20. The summed E-state index contributed by atoms with van der Waals surface area (Å²) in [4.78, 5) is 28.4. The standard InChI is InChI=1S/C13H17N3O3/c1-3-19-14-12(17)8-9-16-11-7-5-4-6-10(11)15(2)13(16)18/h4-7H,3,8-9H2,1-2H3,(H,14,17). The Bertz CT molecular complexity index is 642. The van der Waals surface area contributed by atoms with Crippen LogP contribution in [0.2, 0.25) is 0 Å². The number of fused-ring (bicyclic) bond motifs is 1. The highest BCUT2D eigenvalue weighted by Gasteiger charge is 2.11. The number of amides is 1. The number of carbonyl (C=O) groups is 1. The molecule has 0 aliphatic carbocycles. The molecule has 0 atom stereocenters. The number of hydrogen-bond donors (Lipinski definition) is 1. The van der Waals surface area contributed by atoms with E-state index in [9.17, 15) is 9.59 Å². The van der Waals surface area contributed by atoms with Gasteiger partial charge in [0.05, 0.1) is 17.6 Å². The molecule has 2 rings (SSSR count). The summed E-state index contributed by atoms with van der Waals surface area (Å²) in [7, 11) is 1.72. The zero-order valence-electron chi connectivity index (χ0n) is 11.0. The number of imidazole rings is 1. The Morgan fingerprint density at radius 2 is 2.00 bits per heavy atom. The van der Waals surface area contributed by atoms with Crippen molar-refractivity contribution in [2.75, 3.05) is 6.61 Å². The van der Waals surface area contributed by atoms with Crippen molar-refractivity contribution >= 4 is 16.9 Å². The van der Waals surface area contributed by atoms with Gasteiger partial charge in [-0.1, -0.05) is 12.1 Å². The van der Waals surface area contributed by atoms with Crippen LogP contribution in [-0.2, 0) is 23.2 Å². The fourth-order valence-corrected chi connectivity index (χ4v) is 2.00. The van der Waals surface area contributed by atoms with Crippen molar-refractivity contribution in [2.45, 2.75) is 19.9 Å². The van der Waals surface area contributed by atoms with Crippen LogP contribution in [0.25, 0.3) is 11.0 Å². The third-order valence-electron chi connectivity index (χ3n) is 2.94. The van der Waals surface area contributed by atoms with E-state index in [4.69, 9.17) is 4.84 Å². The molecular formula is C13H17N3O3. The third kappa shape index (κ3) is 2.68. The molecule has 0 fully saturated rings. The summed E-state index contributed by atoms with van der Waals surface area (Å²) < 4.78 is 3.18. The Labute approximate surface area is 110 Å². The quantitative estimate of drug-likeness (QED) is 0.811. The third-order valence-corrected chi connectivity index (χ3v) is 2.94. The normalized spacial score (nSPS) is 10.8. The predicted molar refractivity (Wildman–Crippen MR) is 71.6 cm³/mol. The highest BCUT2D eigenvalue weighted by molar-refractivity contribution is 5.77. The number of benzene rings is 1. The van der Waals surface area contributed by atoms with Crippen molar-refractivity contribution in [1.29, 1.82) is 0 Å². The maximum Gasteiger partial charge on any atom is 0.328 e. The van der Waals surface area contributed by atoms with Crippen LogP contribution >= 0.6 is 0 Å². The minimum atomic E-state index is -0.235. The lowest BCUT2D eigenvalue weighted by molar-refractivity contribution is -0.133. The van der Waals surface area contributed by atoms with Crippen molar-refractivity contribution in [3.63, 3.8) is 0 Å². The molecule has 0 saturated carbocycles. The molecule has 6 nitrogen and oxygen atoms in total. The molecule has 0 saturated heterocycles. The molecule has 0 unspecified atom stereocenters. The van der Waals surface area contributed by atoms with Gasteiger partial charge in [-0.15, -0.1) is 0 Å². The van der Waals surface area contributed by atoms with Gasteiger partial charge in [-0.2, -0.15) is 0 Å². The van der Waals surface area contributed by atoms with Crippen LogP contribution in [0.4, 0.5) is 0 Å². The summed E-state index contributed by atoms with van der Waals surface area (Å²) in [5.74, 6) is -0.235. The molecule has 2 aromatic rings. The van der Waals surface area contributed by atoms with Crippen LogP contribution in [-0.4, -0.2) is 21.6 Å². The average molecular weight is 263 g/mol. The first kappa shape index (κ1) is 13.4. The molecule has 1 amide bonds. The first-order chi connectivity index (χ1) is 9.15. The van der Waals surface area contributed by atoms with Crippen molar-refractivity contribution in [3.8, 4) is 0 Å². The molecule has 102 valence electrons. The fourth-order valence-electron chi connectivity index (χ4n) is 2.00. The van der Waals surface area contributed by atoms with Crippen LogP contribution in [0.1, 0.15) is 13.3 Å². The van der Waals surface area contributed by atoms with E-state index in [1.165, 1.54) is 0 Å². The van der Waals surface area contributed by atoms with Gasteiger partial charge >= 0.3 is 5.69 Å². The SMILES string of the molecule is CCONC(=O)CCn1c(=O)n(C)c2ccccc21. The maximum absolute atomic E-state index is 12.1. The second-order valence-electron chi connectivity index (χ2n) is 4.19. The Hall–Kier alpha value is -2.08. The van der Waals surface area contributed by atoms with Crippen molar-refractivity contribution < 1.29 is 9.63 Å². The van der Waals surface area contributed by atoms with Crippen LogP contribution in [0, 0.1) is 0 Å². The molecule has 1 N–H and O–H groups in total. The number of rotatable bonds is 5. The van der Waals surface area contributed by atoms with Crippen molar-refractivity contribution in [1.82, 2.24) is 14.6 Å².